The first kappa shape index (κ1) is 16.9. The van der Waals surface area contributed by atoms with E-state index in [9.17, 15) is 4.79 Å². The van der Waals surface area contributed by atoms with Gasteiger partial charge in [-0.25, -0.2) is 4.79 Å². The van der Waals surface area contributed by atoms with Crippen molar-refractivity contribution in [3.63, 3.8) is 0 Å². The number of aromatic nitrogens is 1. The fraction of sp³-hybridized carbons (Fsp3) is 0.714. The third kappa shape index (κ3) is 5.46. The Morgan fingerprint density at radius 2 is 2.15 bits per heavy atom. The van der Waals surface area contributed by atoms with E-state index in [2.05, 4.69) is 23.5 Å². The van der Waals surface area contributed by atoms with Gasteiger partial charge in [0.25, 0.3) is 0 Å². The number of carbonyl (C=O) groups is 1. The fourth-order valence-electron chi connectivity index (χ4n) is 1.59. The highest BCUT2D eigenvalue weighted by atomic mass is 32.1. The van der Waals surface area contributed by atoms with E-state index in [0.717, 1.165) is 18.0 Å². The van der Waals surface area contributed by atoms with Crippen molar-refractivity contribution >= 4 is 22.5 Å². The molecule has 1 rings (SSSR count). The molecule has 0 saturated carbocycles. The third-order valence-corrected chi connectivity index (χ3v) is 3.61. The standard InChI is InChI=1S/C14H24N2O3S/c1-5-19-14(17)12-11(4)16-20-13(12)15-7-9-18-8-6-10(2)3/h10,15H,5-9H2,1-4H3. The average Bonchev–Trinajstić information content (AvgIpc) is 2.75. The van der Waals surface area contributed by atoms with Crippen LogP contribution >= 0.6 is 11.5 Å². The van der Waals surface area contributed by atoms with Gasteiger partial charge in [-0.15, -0.1) is 0 Å². The molecule has 1 N–H and O–H groups in total. The van der Waals surface area contributed by atoms with Gasteiger partial charge in [0, 0.05) is 13.2 Å². The van der Waals surface area contributed by atoms with Gasteiger partial charge < -0.3 is 14.8 Å². The summed E-state index contributed by atoms with van der Waals surface area (Å²) in [5.41, 5.74) is 1.25. The van der Waals surface area contributed by atoms with Crippen LogP contribution in [-0.2, 0) is 9.47 Å². The number of esters is 1. The van der Waals surface area contributed by atoms with Crippen LogP contribution in [-0.4, -0.2) is 36.7 Å². The first-order valence-corrected chi connectivity index (χ1v) is 7.78. The maximum atomic E-state index is 11.8. The summed E-state index contributed by atoms with van der Waals surface area (Å²) in [4.78, 5) is 11.8. The topological polar surface area (TPSA) is 60.5 Å². The van der Waals surface area contributed by atoms with Crippen LogP contribution < -0.4 is 5.32 Å². The van der Waals surface area contributed by atoms with Crippen molar-refractivity contribution in [3.8, 4) is 0 Å². The Labute approximate surface area is 124 Å². The van der Waals surface area contributed by atoms with Crippen LogP contribution in [0.3, 0.4) is 0 Å². The predicted octanol–water partition coefficient (Wildman–Crippen LogP) is 3.10. The zero-order valence-corrected chi connectivity index (χ0v) is 13.5. The maximum Gasteiger partial charge on any atom is 0.343 e. The molecule has 0 spiro atoms. The SMILES string of the molecule is CCOC(=O)c1c(C)nsc1NCCOCCC(C)C. The summed E-state index contributed by atoms with van der Waals surface area (Å²) in [6.45, 7) is 10.4. The predicted molar refractivity (Wildman–Crippen MR) is 81.6 cm³/mol. The first-order chi connectivity index (χ1) is 9.56. The van der Waals surface area contributed by atoms with Gasteiger partial charge >= 0.3 is 5.97 Å². The smallest absolute Gasteiger partial charge is 0.343 e. The van der Waals surface area contributed by atoms with E-state index in [1.54, 1.807) is 6.92 Å². The quantitative estimate of drug-likeness (QED) is 0.561. The number of aryl methyl sites for hydroxylation is 1. The minimum Gasteiger partial charge on any atom is -0.462 e. The molecule has 0 aromatic carbocycles. The number of ether oxygens (including phenoxy) is 2. The van der Waals surface area contributed by atoms with E-state index in [1.165, 1.54) is 11.5 Å². The second-order valence-electron chi connectivity index (χ2n) is 4.91. The van der Waals surface area contributed by atoms with E-state index in [0.29, 0.717) is 36.9 Å². The van der Waals surface area contributed by atoms with Gasteiger partial charge in [0.05, 0.1) is 18.9 Å². The number of nitrogens with zero attached hydrogens (tertiary/aromatic N) is 1. The van der Waals surface area contributed by atoms with Crippen LogP contribution in [0.5, 0.6) is 0 Å². The molecule has 1 aromatic heterocycles. The van der Waals surface area contributed by atoms with Crippen molar-refractivity contribution < 1.29 is 14.3 Å². The van der Waals surface area contributed by atoms with Crippen molar-refractivity contribution in [3.05, 3.63) is 11.3 Å². The summed E-state index contributed by atoms with van der Waals surface area (Å²) < 4.78 is 14.8. The minimum absolute atomic E-state index is 0.318. The highest BCUT2D eigenvalue weighted by molar-refractivity contribution is 7.10. The van der Waals surface area contributed by atoms with Gasteiger partial charge in [0.2, 0.25) is 0 Å². The van der Waals surface area contributed by atoms with E-state index in [4.69, 9.17) is 9.47 Å². The van der Waals surface area contributed by atoms with Gasteiger partial charge in [-0.2, -0.15) is 4.37 Å². The van der Waals surface area contributed by atoms with Crippen LogP contribution in [0, 0.1) is 12.8 Å². The van der Waals surface area contributed by atoms with E-state index < -0.39 is 0 Å². The van der Waals surface area contributed by atoms with Gasteiger partial charge in [-0.3, -0.25) is 0 Å². The van der Waals surface area contributed by atoms with Crippen molar-refractivity contribution in [2.24, 2.45) is 5.92 Å². The summed E-state index contributed by atoms with van der Waals surface area (Å²) >= 11 is 1.28. The lowest BCUT2D eigenvalue weighted by atomic mass is 10.1. The summed E-state index contributed by atoms with van der Waals surface area (Å²) in [5, 5.41) is 3.95. The molecule has 1 heterocycles. The highest BCUT2D eigenvalue weighted by Crippen LogP contribution is 2.25. The maximum absolute atomic E-state index is 11.8. The Morgan fingerprint density at radius 3 is 2.80 bits per heavy atom. The fourth-order valence-corrected chi connectivity index (χ4v) is 2.40. The third-order valence-electron chi connectivity index (χ3n) is 2.71. The van der Waals surface area contributed by atoms with Crippen LogP contribution in [0.25, 0.3) is 0 Å². The molecule has 1 aromatic rings. The van der Waals surface area contributed by atoms with Crippen LogP contribution in [0.1, 0.15) is 43.2 Å². The molecule has 0 atom stereocenters. The molecule has 0 amide bonds. The molecule has 0 aliphatic heterocycles. The Balaban J connectivity index is 2.39. The Hall–Kier alpha value is -1.14. The number of rotatable bonds is 9. The molecule has 114 valence electrons. The molecule has 0 aliphatic rings. The van der Waals surface area contributed by atoms with Crippen molar-refractivity contribution in [1.82, 2.24) is 4.37 Å². The number of anilines is 1. The first-order valence-electron chi connectivity index (χ1n) is 7.01. The molecule has 20 heavy (non-hydrogen) atoms. The summed E-state index contributed by atoms with van der Waals surface area (Å²) in [7, 11) is 0. The molecular formula is C14H24N2O3S. The lowest BCUT2D eigenvalue weighted by molar-refractivity contribution is 0.0526. The zero-order valence-electron chi connectivity index (χ0n) is 12.7. The average molecular weight is 300 g/mol. The normalized spacial score (nSPS) is 10.8. The molecule has 0 unspecified atom stereocenters. The monoisotopic (exact) mass is 300 g/mol. The second-order valence-corrected chi connectivity index (χ2v) is 5.69. The van der Waals surface area contributed by atoms with Crippen LogP contribution in [0.2, 0.25) is 0 Å². The molecule has 0 bridgehead atoms. The number of carbonyl (C=O) groups excluding carboxylic acids is 1. The van der Waals surface area contributed by atoms with Gasteiger partial charge in [0.1, 0.15) is 10.6 Å². The summed E-state index contributed by atoms with van der Waals surface area (Å²) in [6.07, 6.45) is 1.06. The molecule has 0 radical (unpaired) electrons. The van der Waals surface area contributed by atoms with Crippen LogP contribution in [0.15, 0.2) is 0 Å². The second kappa shape index (κ2) is 8.92. The molecule has 5 nitrogen and oxygen atoms in total. The number of hydrogen-bond acceptors (Lipinski definition) is 6. The molecule has 0 fully saturated rings. The van der Waals surface area contributed by atoms with Crippen molar-refractivity contribution in [2.45, 2.75) is 34.1 Å². The summed E-state index contributed by atoms with van der Waals surface area (Å²) in [6, 6.07) is 0. The lowest BCUT2D eigenvalue weighted by Gasteiger charge is -2.08. The van der Waals surface area contributed by atoms with Gasteiger partial charge in [-0.05, 0) is 37.7 Å². The highest BCUT2D eigenvalue weighted by Gasteiger charge is 2.19. The lowest BCUT2D eigenvalue weighted by Crippen LogP contribution is -2.13. The van der Waals surface area contributed by atoms with E-state index >= 15 is 0 Å². The van der Waals surface area contributed by atoms with Crippen LogP contribution in [0.4, 0.5) is 5.00 Å². The summed E-state index contributed by atoms with van der Waals surface area (Å²) in [5.74, 6) is 0.337. The Morgan fingerprint density at radius 1 is 1.40 bits per heavy atom. The molecular weight excluding hydrogens is 276 g/mol. The van der Waals surface area contributed by atoms with Crippen molar-refractivity contribution in [2.75, 3.05) is 31.7 Å². The minimum atomic E-state index is -0.318. The molecule has 0 saturated heterocycles. The molecule has 0 aliphatic carbocycles. The van der Waals surface area contributed by atoms with E-state index in [1.807, 2.05) is 6.92 Å². The molecule has 6 heteroatoms. The number of hydrogen-bond donors (Lipinski definition) is 1. The number of nitrogens with one attached hydrogen (secondary N) is 1. The van der Waals surface area contributed by atoms with E-state index in [-0.39, 0.29) is 5.97 Å². The van der Waals surface area contributed by atoms with Gasteiger partial charge in [0.15, 0.2) is 0 Å². The van der Waals surface area contributed by atoms with Gasteiger partial charge in [-0.1, -0.05) is 13.8 Å². The largest absolute Gasteiger partial charge is 0.462 e. The van der Waals surface area contributed by atoms with Crippen molar-refractivity contribution in [1.29, 1.82) is 0 Å². The Kier molecular flexibility index (Phi) is 7.54. The zero-order chi connectivity index (χ0) is 15.0. The Bertz CT molecular complexity index is 419.